The fraction of sp³-hybridized carbons (Fsp3) is 0.278. The Morgan fingerprint density at radius 3 is 2.35 bits per heavy atom. The van der Waals surface area contributed by atoms with Crippen molar-refractivity contribution >= 4 is 21.6 Å². The van der Waals surface area contributed by atoms with Crippen LogP contribution in [0.3, 0.4) is 0 Å². The Labute approximate surface area is 150 Å². The van der Waals surface area contributed by atoms with Crippen LogP contribution in [0.2, 0.25) is 0 Å². The summed E-state index contributed by atoms with van der Waals surface area (Å²) in [5, 5.41) is 1.44. The molecule has 1 N–H and O–H groups in total. The topological polar surface area (TPSA) is 66.5 Å². The Bertz CT molecular complexity index is 918. The Kier molecular flexibility index (Phi) is 5.22. The minimum atomic E-state index is -3.62. The summed E-state index contributed by atoms with van der Waals surface area (Å²) in [6.07, 6.45) is 0.0773. The molecule has 2 aromatic rings. The highest BCUT2D eigenvalue weighted by atomic mass is 32.2. The van der Waals surface area contributed by atoms with Gasteiger partial charge in [-0.1, -0.05) is 30.3 Å². The first-order valence-corrected chi connectivity index (χ1v) is 9.86. The van der Waals surface area contributed by atoms with Crippen LogP contribution >= 0.6 is 0 Å². The third kappa shape index (κ3) is 3.85. The van der Waals surface area contributed by atoms with Gasteiger partial charge in [-0.3, -0.25) is 0 Å². The normalized spacial score (nSPS) is 19.6. The van der Waals surface area contributed by atoms with Crippen LogP contribution in [-0.2, 0) is 9.84 Å². The molecule has 138 valence electrons. The first-order chi connectivity index (χ1) is 12.4. The summed E-state index contributed by atoms with van der Waals surface area (Å²) in [4.78, 5) is 13.7. The van der Waals surface area contributed by atoms with Crippen molar-refractivity contribution in [2.24, 2.45) is 0 Å². The van der Waals surface area contributed by atoms with Gasteiger partial charge in [-0.15, -0.1) is 0 Å². The van der Waals surface area contributed by atoms with E-state index < -0.39 is 32.8 Å². The second-order valence-corrected chi connectivity index (χ2v) is 8.37. The number of amides is 2. The lowest BCUT2D eigenvalue weighted by molar-refractivity contribution is 0.215. The summed E-state index contributed by atoms with van der Waals surface area (Å²) in [6.45, 7) is 0.0894. The smallest absolute Gasteiger partial charge is 0.321 e. The van der Waals surface area contributed by atoms with Crippen molar-refractivity contribution in [1.29, 1.82) is 0 Å². The number of nitrogens with zero attached hydrogens (tertiary/aromatic N) is 1. The molecule has 0 spiro atoms. The summed E-state index contributed by atoms with van der Waals surface area (Å²) in [5.41, 5.74) is 0.138. The number of sulfone groups is 1. The average Bonchev–Trinajstić information content (AvgIpc) is 2.76. The van der Waals surface area contributed by atoms with Crippen LogP contribution in [0.15, 0.2) is 48.5 Å². The highest BCUT2D eigenvalue weighted by Gasteiger charge is 2.34. The predicted octanol–water partition coefficient (Wildman–Crippen LogP) is 3.36. The molecule has 1 fully saturated rings. The first-order valence-electron chi connectivity index (χ1n) is 8.15. The maximum absolute atomic E-state index is 14.0. The molecule has 3 rings (SSSR count). The van der Waals surface area contributed by atoms with Gasteiger partial charge in [0.25, 0.3) is 0 Å². The van der Waals surface area contributed by atoms with Crippen molar-refractivity contribution in [3.8, 4) is 0 Å². The van der Waals surface area contributed by atoms with Crippen molar-refractivity contribution in [1.82, 2.24) is 4.90 Å². The van der Waals surface area contributed by atoms with Gasteiger partial charge in [-0.2, -0.15) is 0 Å². The van der Waals surface area contributed by atoms with E-state index in [1.165, 1.54) is 41.3 Å². The molecule has 1 unspecified atom stereocenters. The third-order valence-corrected chi connectivity index (χ3v) is 6.50. The third-order valence-electron chi connectivity index (χ3n) is 4.40. The second kappa shape index (κ2) is 7.41. The van der Waals surface area contributed by atoms with Crippen LogP contribution < -0.4 is 5.32 Å². The van der Waals surface area contributed by atoms with Gasteiger partial charge in [-0.25, -0.2) is 22.0 Å². The number of hydrogen-bond donors (Lipinski definition) is 1. The van der Waals surface area contributed by atoms with Crippen LogP contribution in [0, 0.1) is 11.6 Å². The summed E-state index contributed by atoms with van der Waals surface area (Å²) < 4.78 is 52.8. The molecule has 1 aliphatic heterocycles. The molecule has 1 aliphatic rings. The van der Waals surface area contributed by atoms with Gasteiger partial charge in [-0.05, 0) is 24.6 Å². The van der Waals surface area contributed by atoms with Crippen LogP contribution in [-0.4, -0.2) is 38.2 Å². The number of carbonyl (C=O) groups is 1. The largest absolute Gasteiger partial charge is 0.323 e. The lowest BCUT2D eigenvalue weighted by Gasteiger charge is -2.20. The quantitative estimate of drug-likeness (QED) is 0.869. The number of urea groups is 1. The highest BCUT2D eigenvalue weighted by molar-refractivity contribution is 7.91. The van der Waals surface area contributed by atoms with Gasteiger partial charge >= 0.3 is 6.03 Å². The van der Waals surface area contributed by atoms with Crippen LogP contribution in [0.4, 0.5) is 19.3 Å². The standard InChI is InChI=1S/C18H18F2N2O3S/c19-14-6-2-1-5-13(14)17-9-10-22(11-12-26(17,24)25)18(23)21-16-8-4-3-7-15(16)20/h1-8,17H,9-12H2,(H,21,23). The van der Waals surface area contributed by atoms with Gasteiger partial charge in [0.05, 0.1) is 16.7 Å². The van der Waals surface area contributed by atoms with Crippen LogP contribution in [0.5, 0.6) is 0 Å². The fourth-order valence-electron chi connectivity index (χ4n) is 2.99. The molecule has 1 heterocycles. The number of anilines is 1. The van der Waals surface area contributed by atoms with Gasteiger partial charge in [0.1, 0.15) is 11.6 Å². The number of hydrogen-bond acceptors (Lipinski definition) is 3. The summed E-state index contributed by atoms with van der Waals surface area (Å²) >= 11 is 0. The van der Waals surface area contributed by atoms with E-state index in [2.05, 4.69) is 5.32 Å². The molecule has 0 radical (unpaired) electrons. The Hall–Kier alpha value is -2.48. The first kappa shape index (κ1) is 18.3. The van der Waals surface area contributed by atoms with E-state index in [1.54, 1.807) is 12.1 Å². The van der Waals surface area contributed by atoms with E-state index in [1.807, 2.05) is 0 Å². The molecule has 0 saturated carbocycles. The zero-order valence-corrected chi connectivity index (χ0v) is 14.7. The second-order valence-electron chi connectivity index (χ2n) is 6.06. The molecule has 26 heavy (non-hydrogen) atoms. The van der Waals surface area contributed by atoms with Crippen LogP contribution in [0.1, 0.15) is 17.2 Å². The summed E-state index contributed by atoms with van der Waals surface area (Å²) in [5.74, 6) is -1.44. The van der Waals surface area contributed by atoms with Gasteiger partial charge in [0, 0.05) is 18.7 Å². The number of benzene rings is 2. The lowest BCUT2D eigenvalue weighted by Crippen LogP contribution is -2.37. The maximum atomic E-state index is 14.0. The van der Waals surface area contributed by atoms with E-state index in [-0.39, 0.29) is 36.5 Å². The van der Waals surface area contributed by atoms with Crippen molar-refractivity contribution in [2.75, 3.05) is 24.2 Å². The van der Waals surface area contributed by atoms with Gasteiger partial charge < -0.3 is 10.2 Å². The number of rotatable bonds is 2. The van der Waals surface area contributed by atoms with Crippen molar-refractivity contribution in [3.63, 3.8) is 0 Å². The van der Waals surface area contributed by atoms with E-state index in [4.69, 9.17) is 0 Å². The molecular formula is C18H18F2N2O3S. The summed E-state index contributed by atoms with van der Waals surface area (Å²) in [6, 6.07) is 10.9. The Morgan fingerprint density at radius 1 is 1.00 bits per heavy atom. The minimum Gasteiger partial charge on any atom is -0.323 e. The predicted molar refractivity (Wildman–Crippen MR) is 94.5 cm³/mol. The average molecular weight is 380 g/mol. The van der Waals surface area contributed by atoms with Gasteiger partial charge in [0.2, 0.25) is 0 Å². The van der Waals surface area contributed by atoms with E-state index >= 15 is 0 Å². The fourth-order valence-corrected chi connectivity index (χ4v) is 4.79. The van der Waals surface area contributed by atoms with E-state index in [0.29, 0.717) is 0 Å². The van der Waals surface area contributed by atoms with E-state index in [0.717, 1.165) is 0 Å². The number of halogens is 2. The van der Waals surface area contributed by atoms with Crippen molar-refractivity contribution in [3.05, 3.63) is 65.7 Å². The molecule has 1 saturated heterocycles. The molecule has 0 aliphatic carbocycles. The molecule has 2 amide bonds. The molecule has 5 nitrogen and oxygen atoms in total. The molecule has 2 aromatic carbocycles. The monoisotopic (exact) mass is 380 g/mol. The molecular weight excluding hydrogens is 362 g/mol. The van der Waals surface area contributed by atoms with Gasteiger partial charge in [0.15, 0.2) is 9.84 Å². The molecule has 1 atom stereocenters. The number of nitrogens with one attached hydrogen (secondary N) is 1. The minimum absolute atomic E-state index is 0.0234. The number of para-hydroxylation sites is 1. The Morgan fingerprint density at radius 2 is 1.65 bits per heavy atom. The Balaban J connectivity index is 1.77. The lowest BCUT2D eigenvalue weighted by atomic mass is 10.1. The maximum Gasteiger partial charge on any atom is 0.321 e. The zero-order chi connectivity index (χ0) is 18.7. The van der Waals surface area contributed by atoms with Crippen LogP contribution in [0.25, 0.3) is 0 Å². The molecule has 0 aromatic heterocycles. The van der Waals surface area contributed by atoms with Crippen molar-refractivity contribution in [2.45, 2.75) is 11.7 Å². The summed E-state index contributed by atoms with van der Waals surface area (Å²) in [7, 11) is -3.62. The SMILES string of the molecule is O=C(Nc1ccccc1F)N1CCC(c2ccccc2F)S(=O)(=O)CC1. The van der Waals surface area contributed by atoms with Crippen molar-refractivity contribution < 1.29 is 22.0 Å². The molecule has 0 bridgehead atoms. The molecule has 8 heteroatoms. The number of carbonyl (C=O) groups excluding carboxylic acids is 1. The van der Waals surface area contributed by atoms with E-state index in [9.17, 15) is 22.0 Å². The highest BCUT2D eigenvalue weighted by Crippen LogP contribution is 2.31. The zero-order valence-electron chi connectivity index (χ0n) is 13.9.